The summed E-state index contributed by atoms with van der Waals surface area (Å²) < 4.78 is 82.7. The molecular formula is C40H41BrCl2F2N4O10S2. The molecular weight excluding hydrogens is 949 g/mol. The van der Waals surface area contributed by atoms with Crippen LogP contribution in [0.1, 0.15) is 31.8 Å². The van der Waals surface area contributed by atoms with Crippen molar-refractivity contribution in [3.05, 3.63) is 129 Å². The molecule has 0 aromatic heterocycles. The maximum Gasteiger partial charge on any atom is 0.337 e. The van der Waals surface area contributed by atoms with E-state index in [1.807, 2.05) is 0 Å². The number of hydrogen-bond acceptors (Lipinski definition) is 10. The molecule has 6 rings (SSSR count). The molecule has 0 unspecified atom stereocenters. The summed E-state index contributed by atoms with van der Waals surface area (Å²) >= 11 is 15.0. The first kappa shape index (κ1) is 48.8. The average Bonchev–Trinajstić information content (AvgIpc) is 3.22. The Morgan fingerprint density at radius 1 is 0.689 bits per heavy atom. The number of alkyl halides is 1. The number of methoxy groups -OCH3 is 2. The van der Waals surface area contributed by atoms with Gasteiger partial charge in [-0.2, -0.15) is 0 Å². The van der Waals surface area contributed by atoms with Crippen molar-refractivity contribution in [2.45, 2.75) is 11.9 Å². The zero-order valence-corrected chi connectivity index (χ0v) is 37.5. The second-order valence-corrected chi connectivity index (χ2v) is 19.3. The molecule has 0 aliphatic carbocycles. The minimum absolute atomic E-state index is 0.0238. The summed E-state index contributed by atoms with van der Waals surface area (Å²) in [6.45, 7) is 0.448. The third-order valence-corrected chi connectivity index (χ3v) is 13.4. The smallest absolute Gasteiger partial charge is 0.337 e. The van der Waals surface area contributed by atoms with Crippen LogP contribution < -0.4 is 10.2 Å². The van der Waals surface area contributed by atoms with Crippen LogP contribution in [-0.4, -0.2) is 114 Å². The number of carbonyl (C=O) groups excluding carboxylic acids is 4. The third-order valence-electron chi connectivity index (χ3n) is 9.09. The first-order valence-corrected chi connectivity index (χ1v) is 23.7. The molecule has 0 spiro atoms. The second-order valence-electron chi connectivity index (χ2n) is 13.3. The number of ether oxygens (including phenoxy) is 2. The molecule has 2 fully saturated rings. The molecule has 4 aromatic carbocycles. The Kier molecular flexibility index (Phi) is 17.9. The third kappa shape index (κ3) is 14.7. The van der Waals surface area contributed by atoms with E-state index in [9.17, 15) is 44.8 Å². The molecule has 0 bridgehead atoms. The Morgan fingerprint density at radius 2 is 1.16 bits per heavy atom. The summed E-state index contributed by atoms with van der Waals surface area (Å²) in [4.78, 5) is 51.8. The number of benzene rings is 4. The molecule has 61 heavy (non-hydrogen) atoms. The summed E-state index contributed by atoms with van der Waals surface area (Å²) in [6, 6.07) is 20.7. The monoisotopic (exact) mass is 988 g/mol. The zero-order valence-electron chi connectivity index (χ0n) is 32.8. The van der Waals surface area contributed by atoms with Crippen LogP contribution >= 0.6 is 39.1 Å². The summed E-state index contributed by atoms with van der Waals surface area (Å²) in [6.07, 6.45) is 0. The lowest BCUT2D eigenvalue weighted by Gasteiger charge is -2.33. The van der Waals surface area contributed by atoms with Gasteiger partial charge in [0.25, 0.3) is 0 Å². The van der Waals surface area contributed by atoms with E-state index in [1.165, 1.54) is 53.2 Å². The van der Waals surface area contributed by atoms with Gasteiger partial charge >= 0.3 is 24.0 Å². The number of hydrogen-bond donors (Lipinski definition) is 1. The van der Waals surface area contributed by atoms with Crippen molar-refractivity contribution in [3.8, 4) is 0 Å². The maximum atomic E-state index is 14.6. The van der Waals surface area contributed by atoms with Crippen LogP contribution in [0, 0.1) is 11.6 Å². The first-order chi connectivity index (χ1) is 28.8. The molecule has 2 aliphatic heterocycles. The second kappa shape index (κ2) is 22.3. The van der Waals surface area contributed by atoms with Crippen molar-refractivity contribution in [2.24, 2.45) is 0 Å². The highest BCUT2D eigenvalue weighted by Gasteiger charge is 2.30. The Hall–Kier alpha value is -4.82. The van der Waals surface area contributed by atoms with Gasteiger partial charge in [0.2, 0.25) is 0 Å². The van der Waals surface area contributed by atoms with Crippen molar-refractivity contribution < 1.29 is 54.3 Å². The van der Waals surface area contributed by atoms with E-state index in [1.54, 1.807) is 54.6 Å². The number of carbonyl (C=O) groups is 4. The Labute approximate surface area is 370 Å². The highest BCUT2D eigenvalue weighted by Crippen LogP contribution is 2.25. The number of urea groups is 2. The fourth-order valence-electron chi connectivity index (χ4n) is 5.66. The number of amides is 4. The lowest BCUT2D eigenvalue weighted by molar-refractivity contribution is 0.0591. The first-order valence-electron chi connectivity index (χ1n) is 18.2. The largest absolute Gasteiger partial charge is 0.465 e. The normalized spacial score (nSPS) is 15.1. The molecule has 2 aliphatic rings. The van der Waals surface area contributed by atoms with E-state index < -0.39 is 49.3 Å². The summed E-state index contributed by atoms with van der Waals surface area (Å²) in [5, 5.41) is 4.05. The van der Waals surface area contributed by atoms with Crippen molar-refractivity contribution in [3.63, 3.8) is 0 Å². The summed E-state index contributed by atoms with van der Waals surface area (Å²) in [7, 11) is -3.67. The van der Waals surface area contributed by atoms with E-state index in [0.717, 1.165) is 6.07 Å². The van der Waals surface area contributed by atoms with E-state index in [0.29, 0.717) is 32.3 Å². The van der Waals surface area contributed by atoms with Crippen LogP contribution in [0.15, 0.2) is 84.9 Å². The molecule has 21 heteroatoms. The molecule has 2 saturated heterocycles. The number of rotatable bonds is 7. The minimum Gasteiger partial charge on any atom is -0.465 e. The molecule has 2 heterocycles. The minimum atomic E-state index is -3.16. The predicted octanol–water partition coefficient (Wildman–Crippen LogP) is 7.23. The van der Waals surface area contributed by atoms with E-state index in [-0.39, 0.29) is 78.5 Å². The molecule has 328 valence electrons. The number of esters is 2. The number of anilines is 2. The maximum absolute atomic E-state index is 14.6. The lowest BCUT2D eigenvalue weighted by atomic mass is 10.1. The SMILES string of the molecule is COC(=O)c1ccc(CBr)c(F)c1.COC(=O)c1ccc(CN(C(=O)N2CCS(=O)(=O)CC2)c2cccc(Cl)c2)c(F)c1.O=C(Nc1cccc(Cl)c1)N1CCS(=O)(=O)CC1. The van der Waals surface area contributed by atoms with Crippen LogP contribution in [-0.2, 0) is 41.0 Å². The standard InChI is InChI=1S/C20H20ClFN2O5S.C11H13ClN2O3S.C9H8BrFO2/c1-29-19(25)14-5-6-15(18(22)11-14)13-24(17-4-2-3-16(21)12-17)20(26)23-7-9-30(27,28)10-8-23;12-9-2-1-3-10(8-9)13-11(15)14-4-6-18(16,17)7-5-14;1-13-9(12)6-2-3-7(5-10)8(11)4-6/h2-6,11-12H,7-10,13H2,1H3;1-3,8H,4-7H2,(H,13,15);2-4H,5H2,1H3. The van der Waals surface area contributed by atoms with Crippen molar-refractivity contribution in [2.75, 3.05) is 73.6 Å². The van der Waals surface area contributed by atoms with Gasteiger partial charge in [-0.1, -0.05) is 63.4 Å². The van der Waals surface area contributed by atoms with Gasteiger partial charge in [-0.05, 0) is 66.2 Å². The fraction of sp³-hybridized carbons (Fsp3) is 0.300. The van der Waals surface area contributed by atoms with Gasteiger partial charge in [0.15, 0.2) is 19.7 Å². The van der Waals surface area contributed by atoms with Crippen LogP contribution in [0.5, 0.6) is 0 Å². The van der Waals surface area contributed by atoms with Gasteiger partial charge in [-0.3, -0.25) is 4.90 Å². The number of sulfone groups is 2. The molecule has 0 radical (unpaired) electrons. The Balaban J connectivity index is 0.000000223. The lowest BCUT2D eigenvalue weighted by Crippen LogP contribution is -2.49. The average molecular weight is 991 g/mol. The van der Waals surface area contributed by atoms with Gasteiger partial charge in [-0.15, -0.1) is 0 Å². The molecule has 0 saturated carbocycles. The molecule has 0 atom stereocenters. The Morgan fingerprint density at radius 3 is 1.62 bits per heavy atom. The van der Waals surface area contributed by atoms with Gasteiger partial charge in [0.05, 0.1) is 54.9 Å². The van der Waals surface area contributed by atoms with E-state index in [4.69, 9.17) is 23.2 Å². The fourth-order valence-corrected chi connectivity index (χ4v) is 8.90. The molecule has 4 aromatic rings. The van der Waals surface area contributed by atoms with Crippen LogP contribution in [0.4, 0.5) is 29.7 Å². The topological polar surface area (TPSA) is 177 Å². The van der Waals surface area contributed by atoms with Crippen LogP contribution in [0.2, 0.25) is 10.0 Å². The van der Waals surface area contributed by atoms with Crippen LogP contribution in [0.25, 0.3) is 0 Å². The van der Waals surface area contributed by atoms with Crippen molar-refractivity contribution >= 4 is 94.2 Å². The Bertz CT molecular complexity index is 2440. The van der Waals surface area contributed by atoms with Crippen LogP contribution in [0.3, 0.4) is 0 Å². The summed E-state index contributed by atoms with van der Waals surface area (Å²) in [5.41, 5.74) is 2.02. The predicted molar refractivity (Wildman–Crippen MR) is 232 cm³/mol. The van der Waals surface area contributed by atoms with Gasteiger partial charge < -0.3 is 24.6 Å². The van der Waals surface area contributed by atoms with Crippen molar-refractivity contribution in [1.29, 1.82) is 0 Å². The zero-order chi connectivity index (χ0) is 44.9. The van der Waals surface area contributed by atoms with E-state index in [2.05, 4.69) is 30.7 Å². The van der Waals surface area contributed by atoms with Gasteiger partial charge in [0, 0.05) is 58.5 Å². The number of nitrogens with one attached hydrogen (secondary N) is 1. The quantitative estimate of drug-likeness (QED) is 0.147. The van der Waals surface area contributed by atoms with E-state index >= 15 is 0 Å². The van der Waals surface area contributed by atoms with Crippen molar-refractivity contribution in [1.82, 2.24) is 9.80 Å². The number of halogens is 5. The van der Waals surface area contributed by atoms with Gasteiger partial charge in [0.1, 0.15) is 11.6 Å². The number of nitrogens with zero attached hydrogens (tertiary/aromatic N) is 3. The highest BCUT2D eigenvalue weighted by atomic mass is 79.9. The molecule has 4 amide bonds. The molecule has 14 nitrogen and oxygen atoms in total. The summed E-state index contributed by atoms with van der Waals surface area (Å²) in [5.74, 6) is -2.46. The van der Waals surface area contributed by atoms with Gasteiger partial charge in [-0.25, -0.2) is 44.8 Å². The highest BCUT2D eigenvalue weighted by molar-refractivity contribution is 9.08. The molecule has 1 N–H and O–H groups in total.